The van der Waals surface area contributed by atoms with E-state index in [0.29, 0.717) is 5.92 Å². The van der Waals surface area contributed by atoms with Gasteiger partial charge in [0.2, 0.25) is 0 Å². The highest BCUT2D eigenvalue weighted by Gasteiger charge is 2.24. The molecule has 1 aliphatic rings. The maximum atomic E-state index is 5.24. The van der Waals surface area contributed by atoms with Gasteiger partial charge in [0.05, 0.1) is 5.69 Å². The van der Waals surface area contributed by atoms with Gasteiger partial charge in [0.1, 0.15) is 11.6 Å². The normalized spacial score (nSPS) is 19.0. The summed E-state index contributed by atoms with van der Waals surface area (Å²) in [4.78, 5) is 6.78. The lowest BCUT2D eigenvalue weighted by Crippen LogP contribution is -2.23. The lowest BCUT2D eigenvalue weighted by atomic mass is 10.1. The van der Waals surface area contributed by atoms with Crippen molar-refractivity contribution in [3.05, 3.63) is 41.4 Å². The zero-order chi connectivity index (χ0) is 14.7. The minimum absolute atomic E-state index is 0.674. The first-order chi connectivity index (χ1) is 10.2. The average molecular weight is 286 g/mol. The first-order valence-corrected chi connectivity index (χ1v) is 7.51. The van der Waals surface area contributed by atoms with Crippen LogP contribution in [0.1, 0.15) is 23.4 Å². The summed E-state index contributed by atoms with van der Waals surface area (Å²) in [5.74, 6) is 2.58. The predicted octanol–water partition coefficient (Wildman–Crippen LogP) is 2.62. The maximum Gasteiger partial charge on any atom is 0.138 e. The van der Waals surface area contributed by atoms with Crippen LogP contribution in [0.15, 0.2) is 28.9 Å². The quantitative estimate of drug-likeness (QED) is 0.915. The van der Waals surface area contributed by atoms with Crippen LogP contribution in [0.5, 0.6) is 0 Å². The fourth-order valence-corrected chi connectivity index (χ4v) is 2.89. The molecule has 2 aromatic heterocycles. The van der Waals surface area contributed by atoms with Crippen LogP contribution in [-0.2, 0) is 6.54 Å². The Morgan fingerprint density at radius 2 is 2.29 bits per heavy atom. The number of nitrogens with zero attached hydrogens (tertiary/aromatic N) is 3. The molecule has 5 heteroatoms. The summed E-state index contributed by atoms with van der Waals surface area (Å²) in [6.45, 7) is 8.19. The van der Waals surface area contributed by atoms with Crippen LogP contribution in [0.25, 0.3) is 0 Å². The average Bonchev–Trinajstić information content (AvgIpc) is 3.08. The van der Waals surface area contributed by atoms with Gasteiger partial charge in [-0.2, -0.15) is 0 Å². The van der Waals surface area contributed by atoms with E-state index in [1.165, 1.54) is 12.0 Å². The van der Waals surface area contributed by atoms with Crippen molar-refractivity contribution in [2.45, 2.75) is 26.8 Å². The Bertz CT molecular complexity index is 562. The number of nitrogens with one attached hydrogen (secondary N) is 1. The molecular formula is C16H22N4O. The molecule has 21 heavy (non-hydrogen) atoms. The van der Waals surface area contributed by atoms with Crippen LogP contribution in [-0.4, -0.2) is 34.7 Å². The van der Waals surface area contributed by atoms with Crippen LogP contribution in [0.3, 0.4) is 0 Å². The number of rotatable bonds is 5. The molecular weight excluding hydrogens is 264 g/mol. The highest BCUT2D eigenvalue weighted by atomic mass is 16.5. The lowest BCUT2D eigenvalue weighted by Gasteiger charge is -2.16. The van der Waals surface area contributed by atoms with Crippen LogP contribution in [0.2, 0.25) is 0 Å². The second kappa shape index (κ2) is 6.26. The van der Waals surface area contributed by atoms with E-state index in [9.17, 15) is 0 Å². The summed E-state index contributed by atoms with van der Waals surface area (Å²) in [6.07, 6.45) is 3.05. The van der Waals surface area contributed by atoms with E-state index < -0.39 is 0 Å². The van der Waals surface area contributed by atoms with Crippen molar-refractivity contribution in [2.75, 3.05) is 25.0 Å². The molecule has 0 aromatic carbocycles. The molecule has 0 aliphatic carbocycles. The summed E-state index contributed by atoms with van der Waals surface area (Å²) in [7, 11) is 0. The first-order valence-electron chi connectivity index (χ1n) is 7.51. The Hall–Kier alpha value is -1.88. The molecule has 1 atom stereocenters. The third-order valence-corrected chi connectivity index (χ3v) is 4.17. The molecule has 112 valence electrons. The van der Waals surface area contributed by atoms with Crippen LogP contribution < -0.4 is 5.32 Å². The van der Waals surface area contributed by atoms with Crippen molar-refractivity contribution < 1.29 is 4.52 Å². The molecule has 0 unspecified atom stereocenters. The van der Waals surface area contributed by atoms with Gasteiger partial charge in [0.15, 0.2) is 0 Å². The minimum atomic E-state index is 0.674. The zero-order valence-electron chi connectivity index (χ0n) is 12.7. The summed E-state index contributed by atoms with van der Waals surface area (Å²) >= 11 is 0. The first kappa shape index (κ1) is 14.1. The minimum Gasteiger partial charge on any atom is -0.370 e. The van der Waals surface area contributed by atoms with E-state index in [0.717, 1.165) is 43.5 Å². The lowest BCUT2D eigenvalue weighted by molar-refractivity contribution is 0.315. The SMILES string of the molecule is Cc1noc(C)c1CN1CC[C@H](CNc2ccccn2)C1. The maximum absolute atomic E-state index is 5.24. The highest BCUT2D eigenvalue weighted by Crippen LogP contribution is 2.22. The molecule has 5 nitrogen and oxygen atoms in total. The van der Waals surface area contributed by atoms with Gasteiger partial charge in [0.25, 0.3) is 0 Å². The van der Waals surface area contributed by atoms with Crippen molar-refractivity contribution >= 4 is 5.82 Å². The third-order valence-electron chi connectivity index (χ3n) is 4.17. The number of hydrogen-bond acceptors (Lipinski definition) is 5. The molecule has 0 radical (unpaired) electrons. The van der Waals surface area contributed by atoms with Crippen molar-refractivity contribution in [3.8, 4) is 0 Å². The van der Waals surface area contributed by atoms with Gasteiger partial charge in [-0.05, 0) is 44.9 Å². The molecule has 3 heterocycles. The van der Waals surface area contributed by atoms with Crippen molar-refractivity contribution in [1.29, 1.82) is 0 Å². The van der Waals surface area contributed by atoms with E-state index in [-0.39, 0.29) is 0 Å². The Morgan fingerprint density at radius 1 is 1.38 bits per heavy atom. The van der Waals surface area contributed by atoms with Crippen molar-refractivity contribution in [2.24, 2.45) is 5.92 Å². The Morgan fingerprint density at radius 3 is 3.00 bits per heavy atom. The molecule has 1 N–H and O–H groups in total. The Kier molecular flexibility index (Phi) is 4.20. The summed E-state index contributed by atoms with van der Waals surface area (Å²) < 4.78 is 5.24. The van der Waals surface area contributed by atoms with Gasteiger partial charge in [-0.15, -0.1) is 0 Å². The van der Waals surface area contributed by atoms with E-state index in [4.69, 9.17) is 4.52 Å². The number of pyridine rings is 1. The van der Waals surface area contributed by atoms with Crippen molar-refractivity contribution in [1.82, 2.24) is 15.0 Å². The topological polar surface area (TPSA) is 54.2 Å². The number of hydrogen-bond donors (Lipinski definition) is 1. The van der Waals surface area contributed by atoms with E-state index in [2.05, 4.69) is 20.4 Å². The van der Waals surface area contributed by atoms with E-state index in [1.807, 2.05) is 38.2 Å². The fourth-order valence-electron chi connectivity index (χ4n) is 2.89. The summed E-state index contributed by atoms with van der Waals surface area (Å²) in [5, 5.41) is 7.45. The van der Waals surface area contributed by atoms with Gasteiger partial charge < -0.3 is 9.84 Å². The summed E-state index contributed by atoms with van der Waals surface area (Å²) in [6, 6.07) is 5.95. The van der Waals surface area contributed by atoms with Crippen LogP contribution in [0, 0.1) is 19.8 Å². The number of aromatic nitrogens is 2. The monoisotopic (exact) mass is 286 g/mol. The standard InChI is InChI=1S/C16H22N4O/c1-12-15(13(2)21-19-12)11-20-8-6-14(10-20)9-18-16-5-3-4-7-17-16/h3-5,7,14H,6,8-11H2,1-2H3,(H,17,18)/t14-/m1/s1. The molecule has 0 saturated carbocycles. The van der Waals surface area contributed by atoms with Crippen LogP contribution in [0.4, 0.5) is 5.82 Å². The smallest absolute Gasteiger partial charge is 0.138 e. The van der Waals surface area contributed by atoms with Gasteiger partial charge >= 0.3 is 0 Å². The molecule has 1 aliphatic heterocycles. The fraction of sp³-hybridized carbons (Fsp3) is 0.500. The predicted molar refractivity (Wildman–Crippen MR) is 82.1 cm³/mol. The third kappa shape index (κ3) is 3.42. The van der Waals surface area contributed by atoms with Crippen molar-refractivity contribution in [3.63, 3.8) is 0 Å². The number of aryl methyl sites for hydroxylation is 2. The number of anilines is 1. The zero-order valence-corrected chi connectivity index (χ0v) is 12.7. The van der Waals surface area contributed by atoms with Crippen LogP contribution >= 0.6 is 0 Å². The molecule has 1 fully saturated rings. The summed E-state index contributed by atoms with van der Waals surface area (Å²) in [5.41, 5.74) is 2.26. The molecule has 0 bridgehead atoms. The van der Waals surface area contributed by atoms with E-state index >= 15 is 0 Å². The molecule has 1 saturated heterocycles. The Balaban J connectivity index is 1.49. The second-order valence-corrected chi connectivity index (χ2v) is 5.79. The van der Waals surface area contributed by atoms with E-state index in [1.54, 1.807) is 0 Å². The van der Waals surface area contributed by atoms with Gasteiger partial charge in [-0.1, -0.05) is 11.2 Å². The molecule has 2 aromatic rings. The molecule has 0 amide bonds. The Labute approximate surface area is 125 Å². The second-order valence-electron chi connectivity index (χ2n) is 5.79. The van der Waals surface area contributed by atoms with Gasteiger partial charge in [0, 0.05) is 31.4 Å². The van der Waals surface area contributed by atoms with Gasteiger partial charge in [-0.25, -0.2) is 4.98 Å². The molecule has 3 rings (SSSR count). The highest BCUT2D eigenvalue weighted by molar-refractivity contribution is 5.33. The van der Waals surface area contributed by atoms with Gasteiger partial charge in [-0.3, -0.25) is 4.90 Å². The molecule has 0 spiro atoms. The largest absolute Gasteiger partial charge is 0.370 e. The number of likely N-dealkylation sites (tertiary alicyclic amines) is 1.